The molecule has 0 spiro atoms. The van der Waals surface area contributed by atoms with Gasteiger partial charge in [-0.2, -0.15) is 0 Å². The second-order valence-electron chi connectivity index (χ2n) is 9.08. The highest BCUT2D eigenvalue weighted by molar-refractivity contribution is 6.82. The van der Waals surface area contributed by atoms with Crippen molar-refractivity contribution in [2.24, 2.45) is 0 Å². The van der Waals surface area contributed by atoms with Crippen LogP contribution >= 0.6 is 0 Å². The van der Waals surface area contributed by atoms with E-state index in [-0.39, 0.29) is 0 Å². The predicted octanol–water partition coefficient (Wildman–Crippen LogP) is 7.95. The Balaban J connectivity index is 2.22. The van der Waals surface area contributed by atoms with Gasteiger partial charge in [0.2, 0.25) is 0 Å². The average molecular weight is 378 g/mol. The van der Waals surface area contributed by atoms with Gasteiger partial charge in [-0.15, -0.1) is 0 Å². The highest BCUT2D eigenvalue weighted by atomic mass is 28.3. The third-order valence-electron chi connectivity index (χ3n) is 6.65. The van der Waals surface area contributed by atoms with Crippen molar-refractivity contribution in [3.63, 3.8) is 0 Å². The van der Waals surface area contributed by atoms with Crippen molar-refractivity contribution in [2.75, 3.05) is 0 Å². The normalized spacial score (nSPS) is 12.7. The van der Waals surface area contributed by atoms with Crippen LogP contribution in [0.15, 0.2) is 48.7 Å². The molecule has 0 radical (unpaired) electrons. The maximum absolute atomic E-state index is 2.71. The molecule has 3 aromatic rings. The SMILES string of the molecule is Cc1cccc(C)c1-c1ccc2c(ccn2[Si](C(C)C)(C(C)C)C(C)C)c1. The van der Waals surface area contributed by atoms with Crippen molar-refractivity contribution in [3.8, 4) is 11.1 Å². The first-order valence-corrected chi connectivity index (χ1v) is 12.6. The van der Waals surface area contributed by atoms with Gasteiger partial charge in [-0.3, -0.25) is 0 Å². The average Bonchev–Trinajstić information content (AvgIpc) is 2.98. The smallest absolute Gasteiger partial charge is 0.169 e. The number of hydrogen-bond acceptors (Lipinski definition) is 0. The van der Waals surface area contributed by atoms with Gasteiger partial charge in [-0.25, -0.2) is 0 Å². The van der Waals surface area contributed by atoms with E-state index in [4.69, 9.17) is 0 Å². The van der Waals surface area contributed by atoms with E-state index >= 15 is 0 Å². The summed E-state index contributed by atoms with van der Waals surface area (Å²) >= 11 is 0. The van der Waals surface area contributed by atoms with E-state index in [0.29, 0.717) is 16.6 Å². The molecule has 0 aliphatic carbocycles. The summed E-state index contributed by atoms with van der Waals surface area (Å²) in [4.78, 5) is 0. The zero-order valence-corrected chi connectivity index (χ0v) is 19.3. The molecule has 0 atom stereocenters. The molecule has 0 unspecified atom stereocenters. The van der Waals surface area contributed by atoms with Gasteiger partial charge in [-0.1, -0.05) is 65.8 Å². The zero-order chi connectivity index (χ0) is 19.9. The summed E-state index contributed by atoms with van der Waals surface area (Å²) < 4.78 is 2.71. The third-order valence-corrected chi connectivity index (χ3v) is 13.4. The van der Waals surface area contributed by atoms with E-state index in [1.807, 2.05) is 0 Å². The third kappa shape index (κ3) is 3.08. The van der Waals surface area contributed by atoms with Gasteiger partial charge < -0.3 is 4.23 Å². The highest BCUT2D eigenvalue weighted by Crippen LogP contribution is 2.44. The van der Waals surface area contributed by atoms with Crippen molar-refractivity contribution < 1.29 is 0 Å². The first-order valence-electron chi connectivity index (χ1n) is 10.4. The molecule has 0 saturated heterocycles. The Kier molecular flexibility index (Phi) is 5.40. The fraction of sp³-hybridized carbons (Fsp3) is 0.440. The van der Waals surface area contributed by atoms with Gasteiger partial charge in [0.25, 0.3) is 0 Å². The number of aromatic nitrogens is 1. The van der Waals surface area contributed by atoms with E-state index < -0.39 is 8.24 Å². The maximum Gasteiger partial charge on any atom is 0.169 e. The molecular weight excluding hydrogens is 342 g/mol. The lowest BCUT2D eigenvalue weighted by atomic mass is 9.95. The summed E-state index contributed by atoms with van der Waals surface area (Å²) in [7, 11) is -1.72. The van der Waals surface area contributed by atoms with Crippen LogP contribution in [0.4, 0.5) is 0 Å². The van der Waals surface area contributed by atoms with E-state index in [1.54, 1.807) is 0 Å². The van der Waals surface area contributed by atoms with Crippen LogP contribution in [0, 0.1) is 13.8 Å². The molecule has 0 amide bonds. The Hall–Kier alpha value is -1.80. The molecule has 2 heteroatoms. The lowest BCUT2D eigenvalue weighted by Gasteiger charge is -2.44. The number of benzene rings is 2. The molecule has 1 nitrogen and oxygen atoms in total. The monoisotopic (exact) mass is 377 g/mol. The second-order valence-corrected chi connectivity index (χ2v) is 14.8. The van der Waals surface area contributed by atoms with Crippen LogP contribution in [0.5, 0.6) is 0 Å². The minimum Gasteiger partial charge on any atom is -0.373 e. The largest absolute Gasteiger partial charge is 0.373 e. The Bertz CT molecular complexity index is 904. The molecule has 2 aromatic carbocycles. The molecule has 0 saturated carbocycles. The van der Waals surface area contributed by atoms with Crippen LogP contribution in [0.25, 0.3) is 22.0 Å². The summed E-state index contributed by atoms with van der Waals surface area (Å²) in [6.45, 7) is 19.0. The fourth-order valence-corrected chi connectivity index (χ4v) is 12.4. The molecule has 0 aliphatic heterocycles. The summed E-state index contributed by atoms with van der Waals surface area (Å²) in [6, 6.07) is 16.0. The molecule has 144 valence electrons. The van der Waals surface area contributed by atoms with Gasteiger partial charge in [-0.05, 0) is 82.5 Å². The Morgan fingerprint density at radius 1 is 0.741 bits per heavy atom. The predicted molar refractivity (Wildman–Crippen MR) is 123 cm³/mol. The lowest BCUT2D eigenvalue weighted by Crippen LogP contribution is -2.51. The van der Waals surface area contributed by atoms with E-state index in [9.17, 15) is 0 Å². The van der Waals surface area contributed by atoms with Crippen LogP contribution in [0.2, 0.25) is 16.6 Å². The minimum atomic E-state index is -1.72. The van der Waals surface area contributed by atoms with Crippen molar-refractivity contribution in [3.05, 3.63) is 59.8 Å². The van der Waals surface area contributed by atoms with Crippen LogP contribution in [0.1, 0.15) is 52.7 Å². The molecule has 0 N–H and O–H groups in total. The van der Waals surface area contributed by atoms with Crippen molar-refractivity contribution in [1.29, 1.82) is 0 Å². The van der Waals surface area contributed by atoms with Crippen LogP contribution in [-0.2, 0) is 0 Å². The zero-order valence-electron chi connectivity index (χ0n) is 18.3. The topological polar surface area (TPSA) is 4.93 Å². The molecular formula is C25H35NSi. The standard InChI is InChI=1S/C25H35NSi/c1-17(2)27(18(3)4,19(5)6)26-15-14-22-16-23(12-13-24(22)26)25-20(7)10-9-11-21(25)8/h9-19H,1-8H3. The minimum absolute atomic E-state index is 0.700. The summed E-state index contributed by atoms with van der Waals surface area (Å²) in [5.41, 5.74) is 8.93. The fourth-order valence-electron chi connectivity index (χ4n) is 5.74. The highest BCUT2D eigenvalue weighted by Gasteiger charge is 2.45. The first-order chi connectivity index (χ1) is 12.7. The second kappa shape index (κ2) is 7.31. The summed E-state index contributed by atoms with van der Waals surface area (Å²) in [6.07, 6.45) is 2.38. The van der Waals surface area contributed by atoms with Crippen molar-refractivity contribution in [1.82, 2.24) is 4.23 Å². The molecule has 1 aromatic heterocycles. The number of rotatable bonds is 5. The lowest BCUT2D eigenvalue weighted by molar-refractivity contribution is 0.773. The first kappa shape index (κ1) is 19.9. The number of nitrogens with zero attached hydrogens (tertiary/aromatic N) is 1. The summed E-state index contributed by atoms with van der Waals surface area (Å²) in [5, 5.41) is 1.37. The van der Waals surface area contributed by atoms with Gasteiger partial charge >= 0.3 is 0 Å². The quantitative estimate of drug-likeness (QED) is 0.397. The van der Waals surface area contributed by atoms with E-state index in [0.717, 1.165) is 0 Å². The Morgan fingerprint density at radius 2 is 1.30 bits per heavy atom. The van der Waals surface area contributed by atoms with Gasteiger partial charge in [0.15, 0.2) is 8.24 Å². The van der Waals surface area contributed by atoms with Crippen molar-refractivity contribution in [2.45, 2.75) is 72.0 Å². The number of aryl methyl sites for hydroxylation is 2. The number of fused-ring (bicyclic) bond motifs is 1. The van der Waals surface area contributed by atoms with E-state index in [1.165, 1.54) is 33.2 Å². The maximum atomic E-state index is 2.71. The molecule has 27 heavy (non-hydrogen) atoms. The molecule has 3 rings (SSSR count). The number of hydrogen-bond donors (Lipinski definition) is 0. The van der Waals surface area contributed by atoms with Gasteiger partial charge in [0.1, 0.15) is 0 Å². The van der Waals surface area contributed by atoms with Gasteiger partial charge in [0, 0.05) is 5.52 Å². The van der Waals surface area contributed by atoms with Crippen molar-refractivity contribution >= 4 is 19.1 Å². The molecule has 1 heterocycles. The molecule has 0 fully saturated rings. The van der Waals surface area contributed by atoms with Crippen LogP contribution < -0.4 is 0 Å². The Labute approximate surface area is 166 Å². The van der Waals surface area contributed by atoms with Crippen LogP contribution in [-0.4, -0.2) is 12.5 Å². The summed E-state index contributed by atoms with van der Waals surface area (Å²) in [5.74, 6) is 0. The van der Waals surface area contributed by atoms with Gasteiger partial charge in [0.05, 0.1) is 0 Å². The van der Waals surface area contributed by atoms with E-state index in [2.05, 4.69) is 108 Å². The van der Waals surface area contributed by atoms with Crippen LogP contribution in [0.3, 0.4) is 0 Å². The Morgan fingerprint density at radius 3 is 1.81 bits per heavy atom. The molecule has 0 aliphatic rings. The molecule has 0 bridgehead atoms.